The predicted octanol–water partition coefficient (Wildman–Crippen LogP) is 2.30. The van der Waals surface area contributed by atoms with Crippen molar-refractivity contribution in [1.82, 2.24) is 19.7 Å². The minimum atomic E-state index is -0.900. The molecule has 3 heterocycles. The van der Waals surface area contributed by atoms with E-state index in [1.807, 2.05) is 47.0 Å². The number of nitrogens with one attached hydrogen (secondary N) is 1. The molecule has 0 bridgehead atoms. The van der Waals surface area contributed by atoms with E-state index in [4.69, 9.17) is 0 Å². The number of amides is 3. The van der Waals surface area contributed by atoms with E-state index in [-0.39, 0.29) is 17.9 Å². The van der Waals surface area contributed by atoms with Crippen molar-refractivity contribution in [2.24, 2.45) is 7.05 Å². The van der Waals surface area contributed by atoms with Crippen molar-refractivity contribution < 1.29 is 9.59 Å². The minimum absolute atomic E-state index is 0.0811. The van der Waals surface area contributed by atoms with Crippen molar-refractivity contribution in [3.63, 3.8) is 0 Å². The van der Waals surface area contributed by atoms with Crippen molar-refractivity contribution in [3.8, 4) is 0 Å². The van der Waals surface area contributed by atoms with Gasteiger partial charge >= 0.3 is 6.03 Å². The fourth-order valence-corrected chi connectivity index (χ4v) is 4.63. The molecule has 2 aromatic rings. The van der Waals surface area contributed by atoms with Crippen LogP contribution in [0.2, 0.25) is 0 Å². The summed E-state index contributed by atoms with van der Waals surface area (Å²) in [6, 6.07) is 7.93. The van der Waals surface area contributed by atoms with E-state index in [1.54, 1.807) is 0 Å². The molecule has 6 heteroatoms. The summed E-state index contributed by atoms with van der Waals surface area (Å²) in [5, 5.41) is 4.22. The molecule has 4 rings (SSSR count). The molecule has 3 amide bonds. The van der Waals surface area contributed by atoms with Gasteiger partial charge in [0.1, 0.15) is 5.54 Å². The number of hydrogen-bond donors (Lipinski definition) is 1. The molecule has 0 unspecified atom stereocenters. The monoisotopic (exact) mass is 354 g/mol. The maximum atomic E-state index is 13.5. The maximum Gasteiger partial charge on any atom is 0.325 e. The average molecular weight is 354 g/mol. The van der Waals surface area contributed by atoms with Crippen LogP contribution >= 0.6 is 0 Å². The van der Waals surface area contributed by atoms with Gasteiger partial charge in [-0.15, -0.1) is 0 Å². The normalized spacial score (nSPS) is 27.1. The third kappa shape index (κ3) is 2.21. The lowest BCUT2D eigenvalue weighted by atomic mass is 9.81. The largest absolute Gasteiger partial charge is 0.350 e. The Labute approximate surface area is 153 Å². The molecule has 138 valence electrons. The highest BCUT2D eigenvalue weighted by Gasteiger charge is 2.62. The summed E-state index contributed by atoms with van der Waals surface area (Å²) in [5.41, 5.74) is 0.812. The second kappa shape index (κ2) is 5.33. The van der Waals surface area contributed by atoms with E-state index in [9.17, 15) is 9.59 Å². The van der Waals surface area contributed by atoms with Crippen LogP contribution in [0.3, 0.4) is 0 Å². The maximum absolute atomic E-state index is 13.5. The summed E-state index contributed by atoms with van der Waals surface area (Å²) in [7, 11) is 4.03. The second-order valence-corrected chi connectivity index (χ2v) is 8.67. The first kappa shape index (κ1) is 17.1. The van der Waals surface area contributed by atoms with Crippen LogP contribution in [-0.4, -0.2) is 57.5 Å². The lowest BCUT2D eigenvalue weighted by molar-refractivity contribution is -0.134. The average Bonchev–Trinajstić information content (AvgIpc) is 3.13. The summed E-state index contributed by atoms with van der Waals surface area (Å²) in [6.07, 6.45) is 2.11. The van der Waals surface area contributed by atoms with Crippen molar-refractivity contribution in [3.05, 3.63) is 36.0 Å². The third-order valence-electron chi connectivity index (χ3n) is 5.70. The molecule has 2 saturated heterocycles. The van der Waals surface area contributed by atoms with Crippen molar-refractivity contribution in [1.29, 1.82) is 0 Å². The lowest BCUT2D eigenvalue weighted by Gasteiger charge is -2.32. The molecule has 2 aliphatic rings. The van der Waals surface area contributed by atoms with Gasteiger partial charge in [0.25, 0.3) is 5.91 Å². The van der Waals surface area contributed by atoms with E-state index < -0.39 is 11.1 Å². The molecule has 1 aromatic heterocycles. The van der Waals surface area contributed by atoms with Gasteiger partial charge in [0.05, 0.1) is 0 Å². The van der Waals surface area contributed by atoms with Crippen LogP contribution in [-0.2, 0) is 11.8 Å². The minimum Gasteiger partial charge on any atom is -0.350 e. The molecule has 2 atom stereocenters. The summed E-state index contributed by atoms with van der Waals surface area (Å²) in [5.74, 6) is -0.195. The van der Waals surface area contributed by atoms with Gasteiger partial charge in [-0.05, 0) is 39.4 Å². The Morgan fingerprint density at radius 1 is 1.15 bits per heavy atom. The summed E-state index contributed by atoms with van der Waals surface area (Å²) < 4.78 is 2.10. The Balaban J connectivity index is 1.86. The molecule has 0 saturated carbocycles. The zero-order valence-electron chi connectivity index (χ0n) is 16.0. The number of rotatable bonds is 1. The third-order valence-corrected chi connectivity index (χ3v) is 5.70. The van der Waals surface area contributed by atoms with Gasteiger partial charge in [-0.3, -0.25) is 9.69 Å². The van der Waals surface area contributed by atoms with E-state index in [2.05, 4.69) is 33.1 Å². The van der Waals surface area contributed by atoms with Gasteiger partial charge in [-0.25, -0.2) is 4.79 Å². The number of aryl methyl sites for hydroxylation is 1. The SMILES string of the molecule is CN1C[C@H](c2cn(C)c3ccccc23)[C@]2(C1)NC(=O)N(C(C)(C)C)C2=O. The summed E-state index contributed by atoms with van der Waals surface area (Å²) in [6.45, 7) is 6.95. The molecule has 1 N–H and O–H groups in total. The Morgan fingerprint density at radius 2 is 1.85 bits per heavy atom. The highest BCUT2D eigenvalue weighted by molar-refractivity contribution is 6.09. The quantitative estimate of drug-likeness (QED) is 0.800. The number of hydrogen-bond acceptors (Lipinski definition) is 3. The number of aromatic nitrogens is 1. The number of carbonyl (C=O) groups is 2. The number of para-hydroxylation sites is 1. The van der Waals surface area contributed by atoms with Gasteiger partial charge in [-0.1, -0.05) is 18.2 Å². The number of imide groups is 1. The number of likely N-dealkylation sites (N-methyl/N-ethyl adjacent to an activating group) is 1. The molecule has 1 aromatic carbocycles. The second-order valence-electron chi connectivity index (χ2n) is 8.67. The van der Waals surface area contributed by atoms with Crippen LogP contribution in [0.4, 0.5) is 4.79 Å². The fourth-order valence-electron chi connectivity index (χ4n) is 4.63. The summed E-state index contributed by atoms with van der Waals surface area (Å²) >= 11 is 0. The van der Waals surface area contributed by atoms with Crippen LogP contribution in [0.15, 0.2) is 30.5 Å². The van der Waals surface area contributed by atoms with Crippen LogP contribution in [0.5, 0.6) is 0 Å². The first-order valence-corrected chi connectivity index (χ1v) is 9.04. The molecule has 0 radical (unpaired) electrons. The summed E-state index contributed by atoms with van der Waals surface area (Å²) in [4.78, 5) is 29.7. The van der Waals surface area contributed by atoms with Crippen LogP contribution in [0.25, 0.3) is 10.9 Å². The smallest absolute Gasteiger partial charge is 0.325 e. The topological polar surface area (TPSA) is 57.6 Å². The van der Waals surface area contributed by atoms with Crippen molar-refractivity contribution in [2.75, 3.05) is 20.1 Å². The number of fused-ring (bicyclic) bond motifs is 1. The van der Waals surface area contributed by atoms with Crippen LogP contribution in [0, 0.1) is 0 Å². The van der Waals surface area contributed by atoms with Gasteiger partial charge in [-0.2, -0.15) is 0 Å². The van der Waals surface area contributed by atoms with E-state index in [0.717, 1.165) is 23.0 Å². The highest BCUT2D eigenvalue weighted by Crippen LogP contribution is 2.43. The Morgan fingerprint density at radius 3 is 2.50 bits per heavy atom. The number of urea groups is 1. The molecular weight excluding hydrogens is 328 g/mol. The Kier molecular flexibility index (Phi) is 3.50. The van der Waals surface area contributed by atoms with Crippen LogP contribution < -0.4 is 5.32 Å². The van der Waals surface area contributed by atoms with Crippen molar-refractivity contribution >= 4 is 22.8 Å². The number of benzene rings is 1. The first-order valence-electron chi connectivity index (χ1n) is 9.04. The lowest BCUT2D eigenvalue weighted by Crippen LogP contribution is -2.54. The zero-order valence-corrected chi connectivity index (χ0v) is 16.0. The van der Waals surface area contributed by atoms with Gasteiger partial charge in [0, 0.05) is 48.7 Å². The number of likely N-dealkylation sites (tertiary alicyclic amines) is 1. The van der Waals surface area contributed by atoms with E-state index in [0.29, 0.717) is 6.54 Å². The first-order chi connectivity index (χ1) is 12.1. The van der Waals surface area contributed by atoms with Gasteiger partial charge < -0.3 is 14.8 Å². The Hall–Kier alpha value is -2.34. The molecule has 0 aliphatic carbocycles. The molecular formula is C20H26N4O2. The van der Waals surface area contributed by atoms with Crippen molar-refractivity contribution in [2.45, 2.75) is 37.8 Å². The fraction of sp³-hybridized carbons (Fsp3) is 0.500. The Bertz CT molecular complexity index is 910. The molecule has 6 nitrogen and oxygen atoms in total. The standard InChI is InChI=1S/C20H26N4O2/c1-19(2,3)24-17(25)20(21-18(24)26)12-22(4)11-15(20)14-10-23(5)16-9-7-6-8-13(14)16/h6-10,15H,11-12H2,1-5H3,(H,21,26)/t15-,20+/m1/s1. The zero-order chi connectivity index (χ0) is 18.9. The van der Waals surface area contributed by atoms with E-state index in [1.165, 1.54) is 4.90 Å². The molecule has 2 aliphatic heterocycles. The van der Waals surface area contributed by atoms with Gasteiger partial charge in [0.2, 0.25) is 0 Å². The van der Waals surface area contributed by atoms with Crippen LogP contribution in [0.1, 0.15) is 32.3 Å². The van der Waals surface area contributed by atoms with Gasteiger partial charge in [0.15, 0.2) is 0 Å². The highest BCUT2D eigenvalue weighted by atomic mass is 16.2. The number of nitrogens with zero attached hydrogens (tertiary/aromatic N) is 3. The molecule has 26 heavy (non-hydrogen) atoms. The predicted molar refractivity (Wildman–Crippen MR) is 101 cm³/mol. The molecule has 1 spiro atoms. The molecule has 2 fully saturated rings. The van der Waals surface area contributed by atoms with E-state index >= 15 is 0 Å². The number of carbonyl (C=O) groups excluding carboxylic acids is 2.